The van der Waals surface area contributed by atoms with Gasteiger partial charge in [0, 0.05) is 11.3 Å². The first-order valence-electron chi connectivity index (χ1n) is 9.27. The third-order valence-corrected chi connectivity index (χ3v) is 4.53. The molecule has 30 heavy (non-hydrogen) atoms. The van der Waals surface area contributed by atoms with Gasteiger partial charge in [0.25, 0.3) is 0 Å². The fourth-order valence-corrected chi connectivity index (χ4v) is 2.90. The largest absolute Gasteiger partial charge is 0.489 e. The van der Waals surface area contributed by atoms with Crippen molar-refractivity contribution in [3.8, 4) is 23.3 Å². The zero-order chi connectivity index (χ0) is 21.5. The van der Waals surface area contributed by atoms with E-state index in [0.717, 1.165) is 16.7 Å². The van der Waals surface area contributed by atoms with Gasteiger partial charge < -0.3 is 14.8 Å². The van der Waals surface area contributed by atoms with Crippen LogP contribution in [0.3, 0.4) is 0 Å². The van der Waals surface area contributed by atoms with Crippen molar-refractivity contribution in [1.82, 2.24) is 5.43 Å². The summed E-state index contributed by atoms with van der Waals surface area (Å²) in [4.78, 5) is 11.6. The first-order valence-corrected chi connectivity index (χ1v) is 9.27. The Balaban J connectivity index is 1.71. The highest BCUT2D eigenvalue weighted by Crippen LogP contribution is 2.29. The number of nitriles is 1. The minimum atomic E-state index is -0.498. The van der Waals surface area contributed by atoms with Crippen molar-refractivity contribution in [2.24, 2.45) is 5.84 Å². The number of anilines is 1. The maximum absolute atomic E-state index is 11.6. The number of hydrogen-bond acceptors (Lipinski definition) is 5. The van der Waals surface area contributed by atoms with Crippen LogP contribution in [0.1, 0.15) is 22.3 Å². The number of hydrazine groups is 1. The highest BCUT2D eigenvalue weighted by atomic mass is 16.5. The van der Waals surface area contributed by atoms with Crippen LogP contribution in [-0.2, 0) is 6.61 Å². The van der Waals surface area contributed by atoms with Crippen LogP contribution in [0.4, 0.5) is 10.5 Å². The van der Waals surface area contributed by atoms with Gasteiger partial charge in [-0.05, 0) is 73.5 Å². The van der Waals surface area contributed by atoms with E-state index in [9.17, 15) is 4.79 Å². The molecule has 0 aliphatic rings. The number of benzene rings is 3. The van der Waals surface area contributed by atoms with Crippen LogP contribution in [0.15, 0.2) is 60.7 Å². The zero-order valence-corrected chi connectivity index (χ0v) is 16.7. The van der Waals surface area contributed by atoms with Crippen molar-refractivity contribution in [1.29, 1.82) is 5.26 Å². The molecule has 2 amide bonds. The smallest absolute Gasteiger partial charge is 0.333 e. The molecule has 0 aromatic heterocycles. The Kier molecular flexibility index (Phi) is 6.53. The molecule has 0 radical (unpaired) electrons. The van der Waals surface area contributed by atoms with E-state index in [4.69, 9.17) is 20.6 Å². The Morgan fingerprint density at radius 3 is 2.43 bits per heavy atom. The summed E-state index contributed by atoms with van der Waals surface area (Å²) in [5, 5.41) is 11.6. The molecular weight excluding hydrogens is 380 g/mol. The minimum Gasteiger partial charge on any atom is -0.489 e. The maximum atomic E-state index is 11.6. The van der Waals surface area contributed by atoms with Crippen molar-refractivity contribution in [3.05, 3.63) is 82.9 Å². The van der Waals surface area contributed by atoms with Crippen LogP contribution in [0, 0.1) is 25.2 Å². The highest BCUT2D eigenvalue weighted by molar-refractivity contribution is 5.89. The zero-order valence-electron chi connectivity index (χ0n) is 16.7. The van der Waals surface area contributed by atoms with E-state index in [0.29, 0.717) is 28.5 Å². The summed E-state index contributed by atoms with van der Waals surface area (Å²) in [5.74, 6) is 7.18. The summed E-state index contributed by atoms with van der Waals surface area (Å²) >= 11 is 0. The van der Waals surface area contributed by atoms with Gasteiger partial charge in [-0.2, -0.15) is 5.26 Å². The van der Waals surface area contributed by atoms with E-state index in [1.54, 1.807) is 30.3 Å². The van der Waals surface area contributed by atoms with Crippen LogP contribution in [-0.4, -0.2) is 6.03 Å². The molecule has 0 aliphatic heterocycles. The number of nitrogens with zero attached hydrogens (tertiary/aromatic N) is 1. The van der Waals surface area contributed by atoms with Gasteiger partial charge in [0.1, 0.15) is 23.9 Å². The van der Waals surface area contributed by atoms with E-state index in [1.165, 1.54) is 0 Å². The Bertz CT molecular complexity index is 1090. The second kappa shape index (κ2) is 9.45. The molecule has 152 valence electrons. The molecular formula is C23H22N4O3. The van der Waals surface area contributed by atoms with E-state index in [2.05, 4.69) is 16.8 Å². The SMILES string of the molecule is Cc1cc(Oc2ccc(C#N)cc2)ccc1OCc1c(C)cccc1NC(=O)NN. The van der Waals surface area contributed by atoms with Gasteiger partial charge in [0.05, 0.1) is 11.6 Å². The number of ether oxygens (including phenoxy) is 2. The van der Waals surface area contributed by atoms with E-state index in [-0.39, 0.29) is 6.61 Å². The highest BCUT2D eigenvalue weighted by Gasteiger charge is 2.11. The Morgan fingerprint density at radius 2 is 1.77 bits per heavy atom. The molecule has 7 heteroatoms. The Morgan fingerprint density at radius 1 is 1.03 bits per heavy atom. The number of hydrogen-bond donors (Lipinski definition) is 3. The van der Waals surface area contributed by atoms with Crippen LogP contribution in [0.25, 0.3) is 0 Å². The fourth-order valence-electron chi connectivity index (χ4n) is 2.90. The Labute approximate surface area is 175 Å². The third kappa shape index (κ3) is 5.07. The normalized spacial score (nSPS) is 10.1. The van der Waals surface area contributed by atoms with Gasteiger partial charge in [-0.1, -0.05) is 12.1 Å². The molecule has 3 rings (SSSR count). The molecule has 0 spiro atoms. The molecule has 0 aliphatic carbocycles. The summed E-state index contributed by atoms with van der Waals surface area (Å²) in [6.45, 7) is 4.16. The topological polar surface area (TPSA) is 109 Å². The average molecular weight is 402 g/mol. The fraction of sp³-hybridized carbons (Fsp3) is 0.130. The van der Waals surface area contributed by atoms with Crippen LogP contribution < -0.4 is 26.1 Å². The molecule has 3 aromatic carbocycles. The summed E-state index contributed by atoms with van der Waals surface area (Å²) < 4.78 is 11.8. The van der Waals surface area contributed by atoms with Crippen molar-refractivity contribution in [2.45, 2.75) is 20.5 Å². The number of carbonyl (C=O) groups is 1. The lowest BCUT2D eigenvalue weighted by Crippen LogP contribution is -2.34. The van der Waals surface area contributed by atoms with Gasteiger partial charge in [-0.15, -0.1) is 0 Å². The maximum Gasteiger partial charge on any atom is 0.333 e. The summed E-state index contributed by atoms with van der Waals surface area (Å²) in [6.07, 6.45) is 0. The standard InChI is InChI=1S/C23H22N4O3/c1-15-4-3-5-21(26-23(28)27-25)20(15)14-29-22-11-10-19(12-16(22)2)30-18-8-6-17(13-24)7-9-18/h3-12H,14,25H2,1-2H3,(H2,26,27,28). The number of nitrogens with two attached hydrogens (primary N) is 1. The van der Waals surface area contributed by atoms with Crippen molar-refractivity contribution < 1.29 is 14.3 Å². The number of carbonyl (C=O) groups excluding carboxylic acids is 1. The van der Waals surface area contributed by atoms with Crippen molar-refractivity contribution in [3.63, 3.8) is 0 Å². The van der Waals surface area contributed by atoms with E-state index in [1.807, 2.05) is 44.2 Å². The number of amides is 2. The summed E-state index contributed by atoms with van der Waals surface area (Å²) in [5.41, 5.74) is 6.03. The number of urea groups is 1. The van der Waals surface area contributed by atoms with Gasteiger partial charge in [-0.3, -0.25) is 5.43 Å². The van der Waals surface area contributed by atoms with Crippen LogP contribution in [0.5, 0.6) is 17.2 Å². The Hall–Kier alpha value is -4.02. The lowest BCUT2D eigenvalue weighted by atomic mass is 10.1. The second-order valence-electron chi connectivity index (χ2n) is 6.65. The van der Waals surface area contributed by atoms with Crippen LogP contribution >= 0.6 is 0 Å². The van der Waals surface area contributed by atoms with Gasteiger partial charge in [0.2, 0.25) is 0 Å². The first-order chi connectivity index (χ1) is 14.5. The van der Waals surface area contributed by atoms with E-state index < -0.39 is 6.03 Å². The molecule has 4 N–H and O–H groups in total. The molecule has 0 heterocycles. The van der Waals surface area contributed by atoms with E-state index >= 15 is 0 Å². The van der Waals surface area contributed by atoms with Crippen molar-refractivity contribution >= 4 is 11.7 Å². The third-order valence-electron chi connectivity index (χ3n) is 4.53. The minimum absolute atomic E-state index is 0.281. The van der Waals surface area contributed by atoms with Crippen LogP contribution in [0.2, 0.25) is 0 Å². The predicted octanol–water partition coefficient (Wildman–Crippen LogP) is 4.54. The predicted molar refractivity (Wildman–Crippen MR) is 114 cm³/mol. The summed E-state index contributed by atoms with van der Waals surface area (Å²) in [7, 11) is 0. The van der Waals surface area contributed by atoms with Gasteiger partial charge >= 0.3 is 6.03 Å². The number of nitrogens with one attached hydrogen (secondary N) is 2. The monoisotopic (exact) mass is 402 g/mol. The lowest BCUT2D eigenvalue weighted by Gasteiger charge is -2.16. The molecule has 7 nitrogen and oxygen atoms in total. The molecule has 0 bridgehead atoms. The molecule has 0 saturated carbocycles. The lowest BCUT2D eigenvalue weighted by molar-refractivity contribution is 0.252. The molecule has 0 unspecified atom stereocenters. The molecule has 0 atom stereocenters. The van der Waals surface area contributed by atoms with Crippen molar-refractivity contribution in [2.75, 3.05) is 5.32 Å². The number of rotatable bonds is 6. The summed E-state index contributed by atoms with van der Waals surface area (Å²) in [6, 6.07) is 19.6. The number of aryl methyl sites for hydroxylation is 2. The molecule has 3 aromatic rings. The quantitative estimate of drug-likeness (QED) is 0.318. The first kappa shape index (κ1) is 20.7. The average Bonchev–Trinajstić information content (AvgIpc) is 2.75. The van der Waals surface area contributed by atoms with Gasteiger partial charge in [0.15, 0.2) is 0 Å². The van der Waals surface area contributed by atoms with Gasteiger partial charge in [-0.25, -0.2) is 10.6 Å². The second-order valence-corrected chi connectivity index (χ2v) is 6.65. The molecule has 0 saturated heterocycles. The molecule has 0 fully saturated rings.